The lowest BCUT2D eigenvalue weighted by atomic mass is 9.73. The Morgan fingerprint density at radius 1 is 1.36 bits per heavy atom. The molecule has 0 aliphatic carbocycles. The number of rotatable bonds is 4. The van der Waals surface area contributed by atoms with E-state index >= 15 is 0 Å². The zero-order valence-electron chi connectivity index (χ0n) is 16.4. The van der Waals surface area contributed by atoms with E-state index in [1.807, 2.05) is 23.6 Å². The molecule has 4 heterocycles. The van der Waals surface area contributed by atoms with E-state index in [1.165, 1.54) is 11.5 Å². The molecule has 0 unspecified atom stereocenters. The normalized spacial score (nSPS) is 21.2. The first-order valence-corrected chi connectivity index (χ1v) is 10.4. The number of hydrogen-bond donors (Lipinski definition) is 1. The molecule has 148 valence electrons. The number of fused-ring (bicyclic) bond motifs is 1. The average molecular weight is 400 g/mol. The van der Waals surface area contributed by atoms with E-state index in [4.69, 9.17) is 4.42 Å². The van der Waals surface area contributed by atoms with Crippen LogP contribution in [0.1, 0.15) is 33.0 Å². The number of carbonyl (C=O) groups is 1. The summed E-state index contributed by atoms with van der Waals surface area (Å²) in [5, 5.41) is 12.5. The largest absolute Gasteiger partial charge is 0.481 e. The number of furan rings is 1. The molecule has 0 radical (unpaired) electrons. The molecule has 0 amide bonds. The van der Waals surface area contributed by atoms with Gasteiger partial charge >= 0.3 is 5.97 Å². The lowest BCUT2D eigenvalue weighted by Gasteiger charge is -2.41. The summed E-state index contributed by atoms with van der Waals surface area (Å²) >= 11 is 1.42. The molecular formula is C21H25N3O3S. The standard InChI is InChI=1S/C21H25N3O3S/c1-21(2,3)16-7-15(20(25)26)10-24(11-16)12-17-8-13-6-14(9-22-19(13)27-17)18-4-5-28-23-18/h4-6,8-9,15-16H,7,10-12H2,1-3H3,(H,25,26)/t15-,16-/m1/s1. The zero-order valence-corrected chi connectivity index (χ0v) is 17.2. The lowest BCUT2D eigenvalue weighted by molar-refractivity contribution is -0.145. The van der Waals surface area contributed by atoms with Crippen molar-refractivity contribution in [2.75, 3.05) is 13.1 Å². The maximum atomic E-state index is 11.7. The first-order chi connectivity index (χ1) is 13.3. The van der Waals surface area contributed by atoms with Crippen LogP contribution in [0.5, 0.6) is 0 Å². The van der Waals surface area contributed by atoms with E-state index in [2.05, 4.69) is 35.0 Å². The fourth-order valence-electron chi connectivity index (χ4n) is 3.91. The highest BCUT2D eigenvalue weighted by Gasteiger charge is 2.37. The van der Waals surface area contributed by atoms with E-state index in [0.29, 0.717) is 24.7 Å². The van der Waals surface area contributed by atoms with Gasteiger partial charge in [0.1, 0.15) is 5.76 Å². The zero-order chi connectivity index (χ0) is 19.9. The van der Waals surface area contributed by atoms with E-state index in [0.717, 1.165) is 35.4 Å². The molecule has 1 saturated heterocycles. The Balaban J connectivity index is 1.55. The van der Waals surface area contributed by atoms with Gasteiger partial charge in [0.15, 0.2) is 0 Å². The molecule has 4 rings (SSSR count). The van der Waals surface area contributed by atoms with Gasteiger partial charge in [0, 0.05) is 35.6 Å². The van der Waals surface area contributed by atoms with Gasteiger partial charge in [0.05, 0.1) is 18.2 Å². The van der Waals surface area contributed by atoms with Crippen molar-refractivity contribution in [3.8, 4) is 11.3 Å². The summed E-state index contributed by atoms with van der Waals surface area (Å²) in [7, 11) is 0. The van der Waals surface area contributed by atoms with Gasteiger partial charge in [0.25, 0.3) is 0 Å². The van der Waals surface area contributed by atoms with Gasteiger partial charge in [-0.05, 0) is 47.5 Å². The summed E-state index contributed by atoms with van der Waals surface area (Å²) in [5.41, 5.74) is 2.56. The smallest absolute Gasteiger partial charge is 0.307 e. The minimum Gasteiger partial charge on any atom is -0.481 e. The maximum absolute atomic E-state index is 11.7. The van der Waals surface area contributed by atoms with E-state index in [1.54, 1.807) is 6.20 Å². The monoisotopic (exact) mass is 399 g/mol. The third-order valence-corrected chi connectivity index (χ3v) is 6.20. The molecule has 0 spiro atoms. The molecule has 6 nitrogen and oxygen atoms in total. The van der Waals surface area contributed by atoms with Crippen LogP contribution in [0, 0.1) is 17.3 Å². The van der Waals surface area contributed by atoms with Crippen molar-refractivity contribution in [1.82, 2.24) is 14.3 Å². The quantitative estimate of drug-likeness (QED) is 0.695. The summed E-state index contributed by atoms with van der Waals surface area (Å²) in [6.45, 7) is 8.58. The number of aliphatic carboxylic acids is 1. The Morgan fingerprint density at radius 3 is 2.86 bits per heavy atom. The summed E-state index contributed by atoms with van der Waals surface area (Å²) < 4.78 is 10.3. The second-order valence-electron chi connectivity index (χ2n) is 8.74. The SMILES string of the molecule is CC(C)(C)[C@@H]1C[C@@H](C(=O)O)CN(Cc2cc3cc(-c4ccsn4)cnc3o2)C1. The van der Waals surface area contributed by atoms with Gasteiger partial charge in [-0.2, -0.15) is 4.37 Å². The van der Waals surface area contributed by atoms with Crippen LogP contribution in [0.3, 0.4) is 0 Å². The van der Waals surface area contributed by atoms with Crippen molar-refractivity contribution >= 4 is 28.6 Å². The predicted molar refractivity (Wildman–Crippen MR) is 109 cm³/mol. The molecule has 3 aromatic rings. The van der Waals surface area contributed by atoms with Crippen LogP contribution in [-0.2, 0) is 11.3 Å². The first-order valence-electron chi connectivity index (χ1n) is 9.54. The minimum absolute atomic E-state index is 0.0736. The minimum atomic E-state index is -0.710. The third kappa shape index (κ3) is 3.95. The molecular weight excluding hydrogens is 374 g/mol. The van der Waals surface area contributed by atoms with Crippen molar-refractivity contribution in [1.29, 1.82) is 0 Å². The third-order valence-electron chi connectivity index (χ3n) is 5.64. The number of likely N-dealkylation sites (tertiary alicyclic amines) is 1. The number of piperidine rings is 1. The van der Waals surface area contributed by atoms with Crippen LogP contribution < -0.4 is 0 Å². The Bertz CT molecular complexity index is 975. The summed E-state index contributed by atoms with van der Waals surface area (Å²) in [6, 6.07) is 6.02. The molecule has 1 N–H and O–H groups in total. The van der Waals surface area contributed by atoms with Gasteiger partial charge in [0.2, 0.25) is 5.71 Å². The van der Waals surface area contributed by atoms with Crippen LogP contribution in [0.2, 0.25) is 0 Å². The second-order valence-corrected chi connectivity index (χ2v) is 9.41. The number of hydrogen-bond acceptors (Lipinski definition) is 6. The molecule has 0 bridgehead atoms. The fraction of sp³-hybridized carbons (Fsp3) is 0.476. The Kier molecular flexibility index (Phi) is 4.97. The molecule has 0 saturated carbocycles. The van der Waals surface area contributed by atoms with Crippen LogP contribution in [0.25, 0.3) is 22.4 Å². The van der Waals surface area contributed by atoms with Crippen LogP contribution >= 0.6 is 11.5 Å². The summed E-state index contributed by atoms with van der Waals surface area (Å²) in [4.78, 5) is 18.3. The van der Waals surface area contributed by atoms with Crippen molar-refractivity contribution in [3.05, 3.63) is 35.5 Å². The molecule has 28 heavy (non-hydrogen) atoms. The molecule has 0 aromatic carbocycles. The van der Waals surface area contributed by atoms with Gasteiger partial charge in [-0.3, -0.25) is 9.69 Å². The highest BCUT2D eigenvalue weighted by atomic mass is 32.1. The Labute approximate surface area is 168 Å². The van der Waals surface area contributed by atoms with Gasteiger partial charge in [-0.15, -0.1) is 0 Å². The number of aromatic nitrogens is 2. The fourth-order valence-corrected chi connectivity index (χ4v) is 4.44. The molecule has 1 fully saturated rings. The van der Waals surface area contributed by atoms with Crippen LogP contribution in [0.4, 0.5) is 0 Å². The van der Waals surface area contributed by atoms with Crippen molar-refractivity contribution in [3.63, 3.8) is 0 Å². The van der Waals surface area contributed by atoms with Crippen molar-refractivity contribution in [2.45, 2.75) is 33.7 Å². The topological polar surface area (TPSA) is 79.5 Å². The molecule has 3 aromatic heterocycles. The number of pyridine rings is 1. The highest BCUT2D eigenvalue weighted by molar-refractivity contribution is 7.03. The Morgan fingerprint density at radius 2 is 2.18 bits per heavy atom. The molecule has 2 atom stereocenters. The lowest BCUT2D eigenvalue weighted by Crippen LogP contribution is -2.46. The molecule has 1 aliphatic rings. The van der Waals surface area contributed by atoms with E-state index in [9.17, 15) is 9.90 Å². The molecule has 7 heteroatoms. The van der Waals surface area contributed by atoms with Crippen molar-refractivity contribution < 1.29 is 14.3 Å². The maximum Gasteiger partial charge on any atom is 0.307 e. The van der Waals surface area contributed by atoms with Gasteiger partial charge < -0.3 is 9.52 Å². The predicted octanol–water partition coefficient (Wildman–Crippen LogP) is 4.52. The first kappa shape index (κ1) is 19.1. The second kappa shape index (κ2) is 7.29. The van der Waals surface area contributed by atoms with Gasteiger partial charge in [-0.1, -0.05) is 20.8 Å². The number of carboxylic acid groups (broad SMARTS) is 1. The summed E-state index contributed by atoms with van der Waals surface area (Å²) in [6.07, 6.45) is 2.51. The van der Waals surface area contributed by atoms with Gasteiger partial charge in [-0.25, -0.2) is 4.98 Å². The van der Waals surface area contributed by atoms with Crippen LogP contribution in [-0.4, -0.2) is 38.4 Å². The average Bonchev–Trinajstić information content (AvgIpc) is 3.29. The summed E-state index contributed by atoms with van der Waals surface area (Å²) in [5.74, 6) is 0.104. The highest BCUT2D eigenvalue weighted by Crippen LogP contribution is 2.36. The van der Waals surface area contributed by atoms with Crippen molar-refractivity contribution in [2.24, 2.45) is 17.3 Å². The van der Waals surface area contributed by atoms with Crippen LogP contribution in [0.15, 0.2) is 34.2 Å². The Hall–Kier alpha value is -2.25. The number of carboxylic acids is 1. The number of nitrogens with zero attached hydrogens (tertiary/aromatic N) is 3. The van der Waals surface area contributed by atoms with E-state index < -0.39 is 5.97 Å². The molecule has 1 aliphatic heterocycles. The van der Waals surface area contributed by atoms with E-state index in [-0.39, 0.29) is 11.3 Å².